The van der Waals surface area contributed by atoms with E-state index in [1.54, 1.807) is 27.8 Å². The van der Waals surface area contributed by atoms with Crippen molar-refractivity contribution in [2.24, 2.45) is 5.92 Å². The Morgan fingerprint density at radius 1 is 1.21 bits per heavy atom. The number of nitrogens with one attached hydrogen (secondary N) is 2. The quantitative estimate of drug-likeness (QED) is 0.578. The van der Waals surface area contributed by atoms with Crippen LogP contribution in [-0.4, -0.2) is 36.1 Å². The van der Waals surface area contributed by atoms with Crippen molar-refractivity contribution in [1.29, 1.82) is 0 Å². The summed E-state index contributed by atoms with van der Waals surface area (Å²) in [5.74, 6) is -1.52. The molecule has 82 valence electrons. The van der Waals surface area contributed by atoms with Gasteiger partial charge in [-0.05, 0) is 13.8 Å². The number of carboxylic acids is 1. The van der Waals surface area contributed by atoms with E-state index in [-0.39, 0.29) is 18.0 Å². The largest absolute Gasteiger partial charge is 0.481 e. The van der Waals surface area contributed by atoms with E-state index in [1.165, 1.54) is 0 Å². The van der Waals surface area contributed by atoms with Crippen molar-refractivity contribution in [3.8, 4) is 0 Å². The average molecular weight is 202 g/mol. The van der Waals surface area contributed by atoms with E-state index in [1.807, 2.05) is 0 Å². The third kappa shape index (κ3) is 3.74. The van der Waals surface area contributed by atoms with E-state index in [2.05, 4.69) is 10.6 Å². The van der Waals surface area contributed by atoms with E-state index in [0.717, 1.165) is 0 Å². The highest BCUT2D eigenvalue weighted by molar-refractivity contribution is 5.81. The summed E-state index contributed by atoms with van der Waals surface area (Å²) in [6.07, 6.45) is 0. The standard InChI is InChI=1S/C9H18N2O3/c1-5(9(13)14)6(2)11-7(3)8(12)10-4/h5-7,11H,1-4H3,(H,10,12)(H,13,14). The first-order valence-corrected chi connectivity index (χ1v) is 4.60. The van der Waals surface area contributed by atoms with Gasteiger partial charge in [-0.1, -0.05) is 6.92 Å². The number of aliphatic carboxylic acids is 1. The summed E-state index contributed by atoms with van der Waals surface area (Å²) in [6.45, 7) is 5.05. The van der Waals surface area contributed by atoms with Gasteiger partial charge < -0.3 is 15.7 Å². The van der Waals surface area contributed by atoms with Gasteiger partial charge in [0, 0.05) is 13.1 Å². The molecule has 0 rings (SSSR count). The minimum Gasteiger partial charge on any atom is -0.481 e. The lowest BCUT2D eigenvalue weighted by atomic mass is 10.0. The number of likely N-dealkylation sites (N-methyl/N-ethyl adjacent to an activating group) is 1. The molecule has 3 unspecified atom stereocenters. The fourth-order valence-corrected chi connectivity index (χ4v) is 1.04. The van der Waals surface area contributed by atoms with Gasteiger partial charge in [-0.2, -0.15) is 0 Å². The van der Waals surface area contributed by atoms with Crippen molar-refractivity contribution in [2.75, 3.05) is 7.05 Å². The van der Waals surface area contributed by atoms with Crippen molar-refractivity contribution < 1.29 is 14.7 Å². The minimum absolute atomic E-state index is 0.144. The molecule has 0 aromatic rings. The molecular weight excluding hydrogens is 184 g/mol. The van der Waals surface area contributed by atoms with Crippen LogP contribution in [0.3, 0.4) is 0 Å². The number of carbonyl (C=O) groups excluding carboxylic acids is 1. The summed E-state index contributed by atoms with van der Waals surface area (Å²) >= 11 is 0. The summed E-state index contributed by atoms with van der Waals surface area (Å²) in [5, 5.41) is 14.1. The smallest absolute Gasteiger partial charge is 0.307 e. The van der Waals surface area contributed by atoms with Gasteiger partial charge in [-0.15, -0.1) is 0 Å². The first-order valence-electron chi connectivity index (χ1n) is 4.60. The highest BCUT2D eigenvalue weighted by Crippen LogP contribution is 2.03. The summed E-state index contributed by atoms with van der Waals surface area (Å²) in [7, 11) is 1.55. The summed E-state index contributed by atoms with van der Waals surface area (Å²) < 4.78 is 0. The van der Waals surface area contributed by atoms with Crippen LogP contribution >= 0.6 is 0 Å². The number of carbonyl (C=O) groups is 2. The molecule has 1 amide bonds. The molecule has 0 aliphatic rings. The maximum atomic E-state index is 11.1. The Morgan fingerprint density at radius 2 is 1.71 bits per heavy atom. The van der Waals surface area contributed by atoms with Gasteiger partial charge in [0.15, 0.2) is 0 Å². The molecule has 3 N–H and O–H groups in total. The lowest BCUT2D eigenvalue weighted by Crippen LogP contribution is -2.48. The second-order valence-electron chi connectivity index (χ2n) is 3.42. The predicted molar refractivity (Wildman–Crippen MR) is 52.9 cm³/mol. The third-order valence-corrected chi connectivity index (χ3v) is 2.29. The third-order valence-electron chi connectivity index (χ3n) is 2.29. The van der Waals surface area contributed by atoms with Crippen LogP contribution in [0.2, 0.25) is 0 Å². The number of carboxylic acid groups (broad SMARTS) is 1. The summed E-state index contributed by atoms with van der Waals surface area (Å²) in [4.78, 5) is 21.7. The van der Waals surface area contributed by atoms with Crippen LogP contribution in [0.5, 0.6) is 0 Å². The molecule has 0 saturated carbocycles. The van der Waals surface area contributed by atoms with Gasteiger partial charge in [0.2, 0.25) is 5.91 Å². The molecular formula is C9H18N2O3. The van der Waals surface area contributed by atoms with Crippen molar-refractivity contribution in [3.05, 3.63) is 0 Å². The van der Waals surface area contributed by atoms with Crippen LogP contribution < -0.4 is 10.6 Å². The molecule has 0 radical (unpaired) electrons. The maximum Gasteiger partial charge on any atom is 0.307 e. The van der Waals surface area contributed by atoms with Crippen molar-refractivity contribution >= 4 is 11.9 Å². The Balaban J connectivity index is 4.11. The van der Waals surface area contributed by atoms with Crippen molar-refractivity contribution in [1.82, 2.24) is 10.6 Å². The molecule has 0 heterocycles. The molecule has 0 aliphatic carbocycles. The van der Waals surface area contributed by atoms with E-state index in [9.17, 15) is 9.59 Å². The monoisotopic (exact) mass is 202 g/mol. The van der Waals surface area contributed by atoms with E-state index in [4.69, 9.17) is 5.11 Å². The molecule has 0 fully saturated rings. The Hall–Kier alpha value is -1.10. The lowest BCUT2D eigenvalue weighted by Gasteiger charge is -2.21. The van der Waals surface area contributed by atoms with Gasteiger partial charge in [0.1, 0.15) is 0 Å². The Labute approximate surface area is 83.9 Å². The molecule has 5 nitrogen and oxygen atoms in total. The Bertz CT molecular complexity index is 218. The fraction of sp³-hybridized carbons (Fsp3) is 0.778. The molecule has 0 aliphatic heterocycles. The average Bonchev–Trinajstić information content (AvgIpc) is 2.14. The van der Waals surface area contributed by atoms with Crippen LogP contribution in [0.4, 0.5) is 0 Å². The molecule has 0 aromatic heterocycles. The second kappa shape index (κ2) is 5.59. The van der Waals surface area contributed by atoms with Crippen molar-refractivity contribution in [3.63, 3.8) is 0 Å². The van der Waals surface area contributed by atoms with Crippen molar-refractivity contribution in [2.45, 2.75) is 32.9 Å². The zero-order chi connectivity index (χ0) is 11.3. The highest BCUT2D eigenvalue weighted by atomic mass is 16.4. The zero-order valence-electron chi connectivity index (χ0n) is 9.00. The van der Waals surface area contributed by atoms with Gasteiger partial charge in [-0.25, -0.2) is 0 Å². The molecule has 3 atom stereocenters. The summed E-state index contributed by atoms with van der Waals surface area (Å²) in [6, 6.07) is -0.614. The van der Waals surface area contributed by atoms with E-state index >= 15 is 0 Å². The number of hydrogen-bond donors (Lipinski definition) is 3. The zero-order valence-corrected chi connectivity index (χ0v) is 9.00. The fourth-order valence-electron chi connectivity index (χ4n) is 1.04. The number of rotatable bonds is 5. The number of hydrogen-bond acceptors (Lipinski definition) is 3. The highest BCUT2D eigenvalue weighted by Gasteiger charge is 2.22. The van der Waals surface area contributed by atoms with Crippen LogP contribution in [-0.2, 0) is 9.59 Å². The molecule has 0 aromatic carbocycles. The minimum atomic E-state index is -0.867. The maximum absolute atomic E-state index is 11.1. The first-order chi connectivity index (χ1) is 6.40. The SMILES string of the molecule is CNC(=O)C(C)NC(C)C(C)C(=O)O. The number of amides is 1. The van der Waals surface area contributed by atoms with Gasteiger partial charge in [0.25, 0.3) is 0 Å². The van der Waals surface area contributed by atoms with E-state index in [0.29, 0.717) is 0 Å². The van der Waals surface area contributed by atoms with Crippen LogP contribution in [0.25, 0.3) is 0 Å². The second-order valence-corrected chi connectivity index (χ2v) is 3.42. The molecule has 14 heavy (non-hydrogen) atoms. The molecule has 0 saturated heterocycles. The van der Waals surface area contributed by atoms with Gasteiger partial charge >= 0.3 is 5.97 Å². The lowest BCUT2D eigenvalue weighted by molar-refractivity contribution is -0.142. The Kier molecular flexibility index (Phi) is 5.15. The molecule has 0 spiro atoms. The van der Waals surface area contributed by atoms with Crippen LogP contribution in [0.15, 0.2) is 0 Å². The van der Waals surface area contributed by atoms with Gasteiger partial charge in [-0.3, -0.25) is 9.59 Å². The predicted octanol–water partition coefficient (Wildman–Crippen LogP) is -0.180. The Morgan fingerprint density at radius 3 is 2.07 bits per heavy atom. The summed E-state index contributed by atoms with van der Waals surface area (Å²) in [5.41, 5.74) is 0. The van der Waals surface area contributed by atoms with Gasteiger partial charge in [0.05, 0.1) is 12.0 Å². The topological polar surface area (TPSA) is 78.4 Å². The first kappa shape index (κ1) is 12.9. The molecule has 5 heteroatoms. The molecule has 0 bridgehead atoms. The van der Waals surface area contributed by atoms with Crippen LogP contribution in [0.1, 0.15) is 20.8 Å². The van der Waals surface area contributed by atoms with E-state index < -0.39 is 11.9 Å². The van der Waals surface area contributed by atoms with Crippen LogP contribution in [0, 0.1) is 5.92 Å². The normalized spacial score (nSPS) is 16.9.